The van der Waals surface area contributed by atoms with Crippen LogP contribution in [0.2, 0.25) is 0 Å². The third-order valence-electron chi connectivity index (χ3n) is 3.54. The fraction of sp³-hybridized carbons (Fsp3) is 1.00. The van der Waals surface area contributed by atoms with Crippen molar-refractivity contribution in [3.8, 4) is 0 Å². The third-order valence-corrected chi connectivity index (χ3v) is 4.88. The Morgan fingerprint density at radius 2 is 1.50 bits per heavy atom. The van der Waals surface area contributed by atoms with Crippen LogP contribution >= 0.6 is 0 Å². The molecule has 2 atom stereocenters. The quantitative estimate of drug-likeness (QED) is 0.315. The summed E-state index contributed by atoms with van der Waals surface area (Å²) in [7, 11) is -4.27. The van der Waals surface area contributed by atoms with Crippen LogP contribution in [0.25, 0.3) is 0 Å². The molecular formula is C14H29KO4S. The van der Waals surface area contributed by atoms with Gasteiger partial charge in [0.2, 0.25) is 0 Å². The van der Waals surface area contributed by atoms with Crippen molar-refractivity contribution in [2.24, 2.45) is 0 Å². The summed E-state index contributed by atoms with van der Waals surface area (Å²) in [5.74, 6) is 0. The molecule has 0 saturated carbocycles. The van der Waals surface area contributed by atoms with Crippen molar-refractivity contribution in [3.63, 3.8) is 0 Å². The van der Waals surface area contributed by atoms with Gasteiger partial charge in [0.25, 0.3) is 0 Å². The number of rotatable bonds is 12. The van der Waals surface area contributed by atoms with Gasteiger partial charge in [0.15, 0.2) is 0 Å². The minimum atomic E-state index is -4.27. The average molecular weight is 333 g/mol. The van der Waals surface area contributed by atoms with Crippen molar-refractivity contribution in [2.45, 2.75) is 89.4 Å². The summed E-state index contributed by atoms with van der Waals surface area (Å²) >= 11 is 0. The number of aliphatic hydroxyl groups excluding tert-OH is 1. The Kier molecular flexibility index (Phi) is 16.8. The summed E-state index contributed by atoms with van der Waals surface area (Å²) in [6.07, 6.45) is 8.46. The summed E-state index contributed by atoms with van der Waals surface area (Å²) in [6, 6.07) is 0. The molecule has 0 aromatic heterocycles. The molecule has 0 aromatic carbocycles. The predicted octanol–water partition coefficient (Wildman–Crippen LogP) is 0.206. The summed E-state index contributed by atoms with van der Waals surface area (Å²) in [6.45, 7) is 3.85. The van der Waals surface area contributed by atoms with Crippen LogP contribution in [0.15, 0.2) is 0 Å². The van der Waals surface area contributed by atoms with Gasteiger partial charge < -0.3 is 9.66 Å². The minimum absolute atomic E-state index is 0. The molecule has 0 aliphatic heterocycles. The molecule has 6 heteroatoms. The molecule has 0 fully saturated rings. The van der Waals surface area contributed by atoms with Crippen LogP contribution in [0.1, 0.15) is 78.1 Å². The molecular weight excluding hydrogens is 303 g/mol. The van der Waals surface area contributed by atoms with Crippen LogP contribution in [0.3, 0.4) is 0 Å². The number of hydrogen-bond acceptors (Lipinski definition) is 4. The fourth-order valence-electron chi connectivity index (χ4n) is 2.25. The van der Waals surface area contributed by atoms with Crippen LogP contribution in [-0.2, 0) is 10.1 Å². The summed E-state index contributed by atoms with van der Waals surface area (Å²) in [5.41, 5.74) is 0. The van der Waals surface area contributed by atoms with Crippen molar-refractivity contribution in [1.29, 1.82) is 0 Å². The molecule has 0 saturated heterocycles. The van der Waals surface area contributed by atoms with Gasteiger partial charge in [0.1, 0.15) is 0 Å². The van der Waals surface area contributed by atoms with E-state index in [-0.39, 0.29) is 64.2 Å². The number of hydrogen-bond donors (Lipinski definition) is 1. The second-order valence-corrected chi connectivity index (χ2v) is 6.97. The molecule has 0 aliphatic rings. The van der Waals surface area contributed by atoms with Gasteiger partial charge in [-0.15, -0.1) is 0 Å². The molecule has 0 heterocycles. The molecule has 2 unspecified atom stereocenters. The second kappa shape index (κ2) is 14.1. The average Bonchev–Trinajstić information content (AvgIpc) is 2.33. The van der Waals surface area contributed by atoms with E-state index >= 15 is 0 Å². The zero-order chi connectivity index (χ0) is 14.7. The standard InChI is InChI=1S/C14H30O4S.K/c1-3-5-6-7-8-9-10-11-13(15)12-14(4-2)19(16,17)18;/h13-15H,3-12H2,1-2H3,(H,16,17,18);/q;+1/p-1. The van der Waals surface area contributed by atoms with Crippen LogP contribution in [0.5, 0.6) is 0 Å². The van der Waals surface area contributed by atoms with E-state index < -0.39 is 21.5 Å². The Labute approximate surface area is 167 Å². The Hall–Kier alpha value is 1.51. The zero-order valence-electron chi connectivity index (χ0n) is 13.3. The third kappa shape index (κ3) is 13.2. The molecule has 0 bridgehead atoms. The molecule has 20 heavy (non-hydrogen) atoms. The summed E-state index contributed by atoms with van der Waals surface area (Å²) < 4.78 is 32.7. The van der Waals surface area contributed by atoms with Gasteiger partial charge in [-0.05, 0) is 19.3 Å². The van der Waals surface area contributed by atoms with Gasteiger partial charge in [-0.1, -0.05) is 58.8 Å². The van der Waals surface area contributed by atoms with Crippen molar-refractivity contribution < 1.29 is 69.5 Å². The minimum Gasteiger partial charge on any atom is -0.748 e. The molecule has 1 N–H and O–H groups in total. The van der Waals surface area contributed by atoms with Gasteiger partial charge in [-0.3, -0.25) is 0 Å². The maximum absolute atomic E-state index is 10.9. The van der Waals surface area contributed by atoms with Crippen molar-refractivity contribution in [3.05, 3.63) is 0 Å². The van der Waals surface area contributed by atoms with E-state index in [0.717, 1.165) is 12.8 Å². The van der Waals surface area contributed by atoms with Crippen LogP contribution < -0.4 is 51.4 Å². The van der Waals surface area contributed by atoms with Crippen LogP contribution in [0, 0.1) is 0 Å². The van der Waals surface area contributed by atoms with Crippen LogP contribution in [-0.4, -0.2) is 29.4 Å². The van der Waals surface area contributed by atoms with Crippen LogP contribution in [0.4, 0.5) is 0 Å². The monoisotopic (exact) mass is 332 g/mol. The SMILES string of the molecule is CCCCCCCCCC(O)CC(CC)S(=O)(=O)[O-].[K+]. The van der Waals surface area contributed by atoms with E-state index in [4.69, 9.17) is 0 Å². The fourth-order valence-corrected chi connectivity index (χ4v) is 3.11. The Morgan fingerprint density at radius 1 is 1.00 bits per heavy atom. The molecule has 0 aliphatic carbocycles. The van der Waals surface area contributed by atoms with Gasteiger partial charge in [-0.25, -0.2) is 8.42 Å². The zero-order valence-corrected chi connectivity index (χ0v) is 17.2. The molecule has 0 spiro atoms. The molecule has 116 valence electrons. The largest absolute Gasteiger partial charge is 1.00 e. The second-order valence-electron chi connectivity index (χ2n) is 5.32. The predicted molar refractivity (Wildman–Crippen MR) is 77.0 cm³/mol. The van der Waals surface area contributed by atoms with Gasteiger partial charge >= 0.3 is 51.4 Å². The van der Waals surface area contributed by atoms with Gasteiger partial charge in [0, 0.05) is 0 Å². The van der Waals surface area contributed by atoms with E-state index in [1.54, 1.807) is 6.92 Å². The van der Waals surface area contributed by atoms with E-state index in [1.807, 2.05) is 0 Å². The smallest absolute Gasteiger partial charge is 0.748 e. The normalized spacial score (nSPS) is 14.6. The van der Waals surface area contributed by atoms with Gasteiger partial charge in [-0.2, -0.15) is 0 Å². The van der Waals surface area contributed by atoms with Crippen molar-refractivity contribution in [2.75, 3.05) is 0 Å². The Morgan fingerprint density at radius 3 is 1.95 bits per heavy atom. The maximum atomic E-state index is 10.9. The number of aliphatic hydroxyl groups is 1. The Balaban J connectivity index is 0. The topological polar surface area (TPSA) is 77.4 Å². The first-order valence-electron chi connectivity index (χ1n) is 7.54. The molecule has 0 rings (SSSR count). The molecule has 0 radical (unpaired) electrons. The maximum Gasteiger partial charge on any atom is 1.00 e. The van der Waals surface area contributed by atoms with E-state index in [2.05, 4.69) is 6.92 Å². The molecule has 0 aromatic rings. The van der Waals surface area contributed by atoms with Crippen molar-refractivity contribution in [1.82, 2.24) is 0 Å². The summed E-state index contributed by atoms with van der Waals surface area (Å²) in [5, 5.41) is 8.81. The number of unbranched alkanes of at least 4 members (excludes halogenated alkanes) is 6. The van der Waals surface area contributed by atoms with E-state index in [1.165, 1.54) is 32.1 Å². The van der Waals surface area contributed by atoms with Gasteiger partial charge in [0.05, 0.1) is 21.5 Å². The molecule has 4 nitrogen and oxygen atoms in total. The van der Waals surface area contributed by atoms with Crippen molar-refractivity contribution >= 4 is 10.1 Å². The van der Waals surface area contributed by atoms with E-state index in [9.17, 15) is 18.1 Å². The Bertz CT molecular complexity index is 306. The first-order chi connectivity index (χ1) is 8.91. The summed E-state index contributed by atoms with van der Waals surface area (Å²) in [4.78, 5) is 0. The first kappa shape index (κ1) is 23.8. The molecule has 0 amide bonds. The van der Waals surface area contributed by atoms with E-state index in [0.29, 0.717) is 6.42 Å². The first-order valence-corrected chi connectivity index (χ1v) is 9.01.